The maximum absolute atomic E-state index is 12.6. The van der Waals surface area contributed by atoms with E-state index in [1.165, 1.54) is 19.3 Å². The monoisotopic (exact) mass is 467 g/mol. The van der Waals surface area contributed by atoms with Crippen LogP contribution in [0.1, 0.15) is 29.7 Å². The van der Waals surface area contributed by atoms with Gasteiger partial charge in [-0.3, -0.25) is 4.79 Å². The molecule has 1 fully saturated rings. The largest absolute Gasteiger partial charge is 0.348 e. The molecule has 2 aliphatic rings. The summed E-state index contributed by atoms with van der Waals surface area (Å²) in [7, 11) is 0. The topological polar surface area (TPSA) is 45.2 Å². The number of hydrogen-bond donors (Lipinski definition) is 1. The summed E-state index contributed by atoms with van der Waals surface area (Å²) in [6.07, 6.45) is 5.73. The number of halogens is 1. The number of nitrogens with zero attached hydrogens (tertiary/aromatic N) is 2. The highest BCUT2D eigenvalue weighted by atomic mass is 79.9. The maximum atomic E-state index is 12.6. The van der Waals surface area contributed by atoms with Crippen molar-refractivity contribution in [2.45, 2.75) is 19.3 Å². The van der Waals surface area contributed by atoms with Crippen LogP contribution in [-0.4, -0.2) is 24.0 Å². The molecule has 3 heterocycles. The number of carbonyl (C=O) groups excluding carboxylic acids is 1. The highest BCUT2D eigenvalue weighted by Gasteiger charge is 2.25. The molecule has 0 bridgehead atoms. The fraction of sp³-hybridized carbons (Fsp3) is 0.217. The van der Waals surface area contributed by atoms with Gasteiger partial charge < -0.3 is 10.2 Å². The second-order valence-electron chi connectivity index (χ2n) is 7.18. The summed E-state index contributed by atoms with van der Waals surface area (Å²) in [5, 5.41) is 4.02. The van der Waals surface area contributed by atoms with Gasteiger partial charge in [-0.15, -0.1) is 17.0 Å². The van der Waals surface area contributed by atoms with Crippen molar-refractivity contribution in [3.63, 3.8) is 0 Å². The number of anilines is 2. The molecule has 2 aliphatic heterocycles. The maximum Gasteiger partial charge on any atom is 0.256 e. The van der Waals surface area contributed by atoms with Gasteiger partial charge in [-0.25, -0.2) is 4.98 Å². The number of amides is 1. The van der Waals surface area contributed by atoms with Crippen LogP contribution in [0.25, 0.3) is 22.9 Å². The second-order valence-corrected chi connectivity index (χ2v) is 8.19. The Morgan fingerprint density at radius 3 is 2.48 bits per heavy atom. The summed E-state index contributed by atoms with van der Waals surface area (Å²) in [4.78, 5) is 21.0. The van der Waals surface area contributed by atoms with Crippen LogP contribution in [0.5, 0.6) is 0 Å². The molecule has 0 saturated carbocycles. The minimum absolute atomic E-state index is 0. The molecule has 0 radical (unpaired) electrons. The molecular weight excluding hydrogens is 446 g/mol. The molecule has 0 atom stereocenters. The van der Waals surface area contributed by atoms with Crippen molar-refractivity contribution in [1.82, 2.24) is 4.98 Å². The van der Waals surface area contributed by atoms with Crippen molar-refractivity contribution in [2.24, 2.45) is 0 Å². The van der Waals surface area contributed by atoms with Crippen LogP contribution in [0.15, 0.2) is 54.6 Å². The molecule has 29 heavy (non-hydrogen) atoms. The van der Waals surface area contributed by atoms with Crippen molar-refractivity contribution in [2.75, 3.05) is 23.3 Å². The number of fused-ring (bicyclic) bond motifs is 1. The number of rotatable bonds is 3. The van der Waals surface area contributed by atoms with Gasteiger partial charge in [-0.2, -0.15) is 0 Å². The van der Waals surface area contributed by atoms with Crippen molar-refractivity contribution >= 4 is 56.7 Å². The number of aromatic nitrogens is 1. The van der Waals surface area contributed by atoms with Gasteiger partial charge in [0.1, 0.15) is 0 Å². The van der Waals surface area contributed by atoms with Gasteiger partial charge >= 0.3 is 0 Å². The lowest BCUT2D eigenvalue weighted by Gasteiger charge is -2.25. The number of nitrogens with one attached hydrogen (secondary N) is 1. The first-order valence-corrected chi connectivity index (χ1v) is 10.5. The van der Waals surface area contributed by atoms with Gasteiger partial charge in [0.2, 0.25) is 0 Å². The van der Waals surface area contributed by atoms with Crippen molar-refractivity contribution in [1.29, 1.82) is 0 Å². The first-order chi connectivity index (χ1) is 13.8. The average molecular weight is 468 g/mol. The summed E-state index contributed by atoms with van der Waals surface area (Å²) in [5.74, 6) is -0.0480. The zero-order valence-electron chi connectivity index (χ0n) is 15.9. The minimum Gasteiger partial charge on any atom is -0.348 e. The molecule has 1 N–H and O–H groups in total. The predicted molar refractivity (Wildman–Crippen MR) is 127 cm³/mol. The number of benzene rings is 2. The molecule has 6 heteroatoms. The summed E-state index contributed by atoms with van der Waals surface area (Å²) < 4.78 is 0. The number of piperidine rings is 1. The zero-order chi connectivity index (χ0) is 18.9. The normalized spacial score (nSPS) is 17.0. The van der Waals surface area contributed by atoms with Crippen LogP contribution in [0.3, 0.4) is 0 Å². The van der Waals surface area contributed by atoms with E-state index in [1.807, 2.05) is 48.5 Å². The van der Waals surface area contributed by atoms with Crippen LogP contribution in [-0.2, 0) is 4.79 Å². The van der Waals surface area contributed by atoms with Crippen LogP contribution >= 0.6 is 28.3 Å². The smallest absolute Gasteiger partial charge is 0.256 e. The van der Waals surface area contributed by atoms with Gasteiger partial charge in [0.05, 0.1) is 16.1 Å². The lowest BCUT2D eigenvalue weighted by molar-refractivity contribution is -0.110. The van der Waals surface area contributed by atoms with Crippen molar-refractivity contribution in [3.05, 3.63) is 65.0 Å². The second kappa shape index (κ2) is 8.51. The highest BCUT2D eigenvalue weighted by Crippen LogP contribution is 2.39. The van der Waals surface area contributed by atoms with Gasteiger partial charge in [0.15, 0.2) is 5.13 Å². The zero-order valence-corrected chi connectivity index (χ0v) is 18.5. The standard InChI is InChI=1S/C23H21N3OS.BrH/c27-22-18(17-11-5-6-12-19(17)24-22)15-20-21(16-9-3-1-4-10-16)25-23(28-20)26-13-7-2-8-14-26;/h1,3-6,9-12,15H,2,7-8,13-14H2,(H,24,27);1H/b18-15+;. The van der Waals surface area contributed by atoms with E-state index >= 15 is 0 Å². The number of para-hydroxylation sites is 1. The Hall–Kier alpha value is -2.44. The predicted octanol–water partition coefficient (Wildman–Crippen LogP) is 5.87. The summed E-state index contributed by atoms with van der Waals surface area (Å²) in [6.45, 7) is 2.11. The third kappa shape index (κ3) is 3.87. The average Bonchev–Trinajstić information content (AvgIpc) is 3.31. The summed E-state index contributed by atoms with van der Waals surface area (Å²) in [5.41, 5.74) is 4.58. The van der Waals surface area contributed by atoms with E-state index in [9.17, 15) is 4.79 Å². The van der Waals surface area contributed by atoms with Crippen molar-refractivity contribution in [3.8, 4) is 11.3 Å². The lowest BCUT2D eigenvalue weighted by atomic mass is 10.0. The Balaban J connectivity index is 0.00000205. The molecule has 0 unspecified atom stereocenters. The van der Waals surface area contributed by atoms with E-state index < -0.39 is 0 Å². The van der Waals surface area contributed by atoms with E-state index in [2.05, 4.69) is 22.3 Å². The minimum atomic E-state index is -0.0480. The molecule has 1 aromatic heterocycles. The molecule has 1 saturated heterocycles. The molecule has 0 spiro atoms. The third-order valence-corrected chi connectivity index (χ3v) is 6.36. The van der Waals surface area contributed by atoms with E-state index in [1.54, 1.807) is 11.3 Å². The Morgan fingerprint density at radius 1 is 0.966 bits per heavy atom. The molecule has 0 aliphatic carbocycles. The molecule has 5 rings (SSSR count). The van der Waals surface area contributed by atoms with Gasteiger partial charge in [0, 0.05) is 29.9 Å². The fourth-order valence-electron chi connectivity index (χ4n) is 3.85. The number of carbonyl (C=O) groups is 1. The van der Waals surface area contributed by atoms with E-state index in [-0.39, 0.29) is 22.9 Å². The third-order valence-electron chi connectivity index (χ3n) is 5.30. The molecule has 3 aromatic rings. The molecule has 148 valence electrons. The van der Waals surface area contributed by atoms with Gasteiger partial charge in [-0.05, 0) is 31.4 Å². The summed E-state index contributed by atoms with van der Waals surface area (Å²) >= 11 is 1.68. The van der Waals surface area contributed by atoms with Crippen LogP contribution in [0.4, 0.5) is 10.8 Å². The Bertz CT molecular complexity index is 1050. The Morgan fingerprint density at radius 2 is 1.69 bits per heavy atom. The number of thiazole rings is 1. The Labute approximate surface area is 185 Å². The molecule has 2 aromatic carbocycles. The van der Waals surface area contributed by atoms with Crippen LogP contribution in [0.2, 0.25) is 0 Å². The first kappa shape index (κ1) is 19.9. The van der Waals surface area contributed by atoms with Crippen LogP contribution < -0.4 is 10.2 Å². The lowest BCUT2D eigenvalue weighted by Crippen LogP contribution is -2.29. The molecule has 4 nitrogen and oxygen atoms in total. The van der Waals surface area contributed by atoms with Crippen molar-refractivity contribution < 1.29 is 4.79 Å². The van der Waals surface area contributed by atoms with Gasteiger partial charge in [-0.1, -0.05) is 59.9 Å². The SMILES string of the molecule is Br.O=C1Nc2ccccc2/C1=C\c1sc(N2CCCCC2)nc1-c1ccccc1. The van der Waals surface area contributed by atoms with Crippen LogP contribution in [0, 0.1) is 0 Å². The first-order valence-electron chi connectivity index (χ1n) is 9.73. The summed E-state index contributed by atoms with van der Waals surface area (Å²) in [6, 6.07) is 18.1. The van der Waals surface area contributed by atoms with E-state index in [0.717, 1.165) is 45.6 Å². The van der Waals surface area contributed by atoms with E-state index in [0.29, 0.717) is 5.57 Å². The Kier molecular flexibility index (Phi) is 5.83. The molecule has 1 amide bonds. The molecular formula is C23H22BrN3OS. The number of hydrogen-bond acceptors (Lipinski definition) is 4. The van der Waals surface area contributed by atoms with E-state index in [4.69, 9.17) is 4.98 Å². The fourth-order valence-corrected chi connectivity index (χ4v) is 4.94. The quantitative estimate of drug-likeness (QED) is 0.489. The highest BCUT2D eigenvalue weighted by molar-refractivity contribution is 8.93. The van der Waals surface area contributed by atoms with Gasteiger partial charge in [0.25, 0.3) is 5.91 Å².